The van der Waals surface area contributed by atoms with Gasteiger partial charge in [0.1, 0.15) is 6.04 Å². The Morgan fingerprint density at radius 2 is 1.00 bits per heavy atom. The Balaban J connectivity index is 6.12. The first-order valence-electron chi connectivity index (χ1n) is 10.0. The van der Waals surface area contributed by atoms with E-state index in [4.69, 9.17) is 11.5 Å². The van der Waals surface area contributed by atoms with Crippen molar-refractivity contribution in [2.24, 2.45) is 11.5 Å². The molecule has 0 fully saturated rings. The fourth-order valence-corrected chi connectivity index (χ4v) is 2.67. The molecular weight excluding hydrogens is 601 g/mol. The maximum absolute atomic E-state index is 13.8. The van der Waals surface area contributed by atoms with Crippen LogP contribution in [-0.4, -0.2) is 72.0 Å². The molecule has 5 nitrogen and oxygen atoms in total. The molecule has 0 aliphatic rings. The Kier molecular flexibility index (Phi) is 10.6. The van der Waals surface area contributed by atoms with Crippen LogP contribution < -0.4 is 16.8 Å². The first kappa shape index (κ1) is 36.7. The molecule has 0 spiro atoms. The van der Waals surface area contributed by atoms with Gasteiger partial charge in [0.25, 0.3) is 0 Å². The number of nitrogens with two attached hydrogens (primary N) is 2. The molecule has 0 bridgehead atoms. The van der Waals surface area contributed by atoms with Crippen LogP contribution in [0.5, 0.6) is 0 Å². The van der Waals surface area contributed by atoms with Crippen molar-refractivity contribution < 1.29 is 84.2 Å². The number of primary amides is 1. The fourth-order valence-electron chi connectivity index (χ4n) is 2.67. The standard InChI is InChI=1S/C17H18F17N3O2/c18-10(19,5-4-8(38)37-7(9(36)39)3-1-2-6-35)11(20,21)12(22,23)13(24,25)14(26,27)15(28,29)16(30,31)17(32,33)34/h7H,1-6,35H2,(H2,36,39)(H,37,38). The highest BCUT2D eigenvalue weighted by Crippen LogP contribution is 2.64. The van der Waals surface area contributed by atoms with E-state index in [1.807, 2.05) is 0 Å². The van der Waals surface area contributed by atoms with Crippen LogP contribution in [0.1, 0.15) is 32.1 Å². The number of carbonyl (C=O) groups excluding carboxylic acids is 2. The van der Waals surface area contributed by atoms with Crippen molar-refractivity contribution in [2.45, 2.75) is 85.8 Å². The molecule has 0 saturated carbocycles. The number of rotatable bonds is 15. The summed E-state index contributed by atoms with van der Waals surface area (Å²) in [6.07, 6.45) is -12.9. The molecule has 39 heavy (non-hydrogen) atoms. The Morgan fingerprint density at radius 1 is 0.615 bits per heavy atom. The third-order valence-corrected chi connectivity index (χ3v) is 5.08. The normalized spacial score (nSPS) is 15.7. The van der Waals surface area contributed by atoms with Gasteiger partial charge in [0, 0.05) is 12.8 Å². The van der Waals surface area contributed by atoms with Gasteiger partial charge in [-0.3, -0.25) is 9.59 Å². The van der Waals surface area contributed by atoms with E-state index in [1.54, 1.807) is 5.32 Å². The summed E-state index contributed by atoms with van der Waals surface area (Å²) < 4.78 is 225. The van der Waals surface area contributed by atoms with Crippen LogP contribution in [0, 0.1) is 0 Å². The van der Waals surface area contributed by atoms with Crippen LogP contribution in [0.3, 0.4) is 0 Å². The molecule has 2 amide bonds. The van der Waals surface area contributed by atoms with E-state index in [2.05, 4.69) is 0 Å². The van der Waals surface area contributed by atoms with Gasteiger partial charge in [-0.1, -0.05) is 0 Å². The summed E-state index contributed by atoms with van der Waals surface area (Å²) >= 11 is 0. The zero-order valence-corrected chi connectivity index (χ0v) is 18.7. The second-order valence-corrected chi connectivity index (χ2v) is 7.96. The molecule has 5 N–H and O–H groups in total. The van der Waals surface area contributed by atoms with Crippen LogP contribution in [0.15, 0.2) is 0 Å². The van der Waals surface area contributed by atoms with E-state index < -0.39 is 78.3 Å². The lowest BCUT2D eigenvalue weighted by molar-refractivity contribution is -0.461. The average molecular weight is 619 g/mol. The van der Waals surface area contributed by atoms with E-state index in [1.165, 1.54) is 0 Å². The number of carbonyl (C=O) groups is 2. The molecule has 0 aliphatic carbocycles. The first-order valence-corrected chi connectivity index (χ1v) is 10.0. The zero-order chi connectivity index (χ0) is 31.7. The summed E-state index contributed by atoms with van der Waals surface area (Å²) in [6.45, 7) is 0.0540. The van der Waals surface area contributed by atoms with Crippen LogP contribution in [-0.2, 0) is 9.59 Å². The van der Waals surface area contributed by atoms with Gasteiger partial charge < -0.3 is 16.8 Å². The minimum absolute atomic E-state index is 0.0540. The van der Waals surface area contributed by atoms with Crippen LogP contribution in [0.2, 0.25) is 0 Å². The third-order valence-electron chi connectivity index (χ3n) is 5.08. The van der Waals surface area contributed by atoms with Crippen molar-refractivity contribution >= 4 is 11.8 Å². The molecule has 1 atom stereocenters. The molecule has 22 heteroatoms. The summed E-state index contributed by atoms with van der Waals surface area (Å²) in [5, 5.41) is 1.57. The molecule has 0 saturated heterocycles. The first-order chi connectivity index (χ1) is 17.0. The SMILES string of the molecule is NCCCCC(NC(=O)CCC(F)(F)C(F)(F)C(F)(F)C(F)(F)C(F)(F)C(F)(F)C(F)(F)C(F)(F)F)C(N)=O. The quantitative estimate of drug-likeness (QED) is 0.180. The molecule has 232 valence electrons. The van der Waals surface area contributed by atoms with Crippen molar-refractivity contribution in [3.63, 3.8) is 0 Å². The lowest BCUT2D eigenvalue weighted by Crippen LogP contribution is -2.74. The maximum Gasteiger partial charge on any atom is 0.460 e. The van der Waals surface area contributed by atoms with Crippen molar-refractivity contribution in [1.29, 1.82) is 0 Å². The molecule has 0 aromatic carbocycles. The van der Waals surface area contributed by atoms with Crippen molar-refractivity contribution in [3.8, 4) is 0 Å². The highest BCUT2D eigenvalue weighted by atomic mass is 19.4. The van der Waals surface area contributed by atoms with Crippen molar-refractivity contribution in [2.75, 3.05) is 6.54 Å². The second-order valence-electron chi connectivity index (χ2n) is 7.96. The molecule has 0 heterocycles. The molecule has 0 radical (unpaired) electrons. The summed E-state index contributed by atoms with van der Waals surface area (Å²) in [5.74, 6) is -60.4. The number of nitrogens with one attached hydrogen (secondary N) is 1. The molecular formula is C17H18F17N3O2. The lowest BCUT2D eigenvalue weighted by Gasteiger charge is -2.42. The maximum atomic E-state index is 13.8. The van der Waals surface area contributed by atoms with Gasteiger partial charge in [0.15, 0.2) is 0 Å². The summed E-state index contributed by atoms with van der Waals surface area (Å²) in [7, 11) is 0. The molecule has 0 aliphatic heterocycles. The summed E-state index contributed by atoms with van der Waals surface area (Å²) in [6, 6.07) is -1.68. The molecule has 0 aromatic rings. The Labute approximate surface area is 206 Å². The van der Waals surface area contributed by atoms with Gasteiger partial charge in [-0.15, -0.1) is 0 Å². The van der Waals surface area contributed by atoms with E-state index >= 15 is 0 Å². The fraction of sp³-hybridized carbons (Fsp3) is 0.882. The highest BCUT2D eigenvalue weighted by molar-refractivity contribution is 5.86. The van der Waals surface area contributed by atoms with E-state index in [9.17, 15) is 84.2 Å². The van der Waals surface area contributed by atoms with Gasteiger partial charge in [-0.2, -0.15) is 74.6 Å². The average Bonchev–Trinajstić information content (AvgIpc) is 2.75. The minimum Gasteiger partial charge on any atom is -0.368 e. The topological polar surface area (TPSA) is 98.2 Å². The van der Waals surface area contributed by atoms with E-state index in [-0.39, 0.29) is 25.8 Å². The van der Waals surface area contributed by atoms with Crippen molar-refractivity contribution in [1.82, 2.24) is 5.32 Å². The van der Waals surface area contributed by atoms with Crippen molar-refractivity contribution in [3.05, 3.63) is 0 Å². The minimum atomic E-state index is -8.72. The number of amides is 2. The number of hydrogen-bond acceptors (Lipinski definition) is 3. The van der Waals surface area contributed by atoms with Crippen LogP contribution in [0.4, 0.5) is 74.6 Å². The van der Waals surface area contributed by atoms with Gasteiger partial charge in [-0.05, 0) is 25.8 Å². The van der Waals surface area contributed by atoms with E-state index in [0.717, 1.165) is 0 Å². The monoisotopic (exact) mass is 619 g/mol. The van der Waals surface area contributed by atoms with Gasteiger partial charge in [0.2, 0.25) is 11.8 Å². The number of unbranched alkanes of at least 4 members (excludes halogenated alkanes) is 1. The Bertz CT molecular complexity index is 873. The lowest BCUT2D eigenvalue weighted by atomic mass is 9.88. The Hall–Kier alpha value is -2.29. The molecule has 0 rings (SSSR count). The number of hydrogen-bond donors (Lipinski definition) is 3. The summed E-state index contributed by atoms with van der Waals surface area (Å²) in [4.78, 5) is 22.8. The van der Waals surface area contributed by atoms with Gasteiger partial charge in [0.05, 0.1) is 0 Å². The predicted molar refractivity (Wildman–Crippen MR) is 93.9 cm³/mol. The van der Waals surface area contributed by atoms with Crippen LogP contribution in [0.25, 0.3) is 0 Å². The molecule has 1 unspecified atom stereocenters. The largest absolute Gasteiger partial charge is 0.460 e. The highest BCUT2D eigenvalue weighted by Gasteiger charge is 2.95. The van der Waals surface area contributed by atoms with Gasteiger partial charge in [-0.25, -0.2) is 0 Å². The number of halogens is 17. The molecule has 0 aromatic heterocycles. The predicted octanol–water partition coefficient (Wildman–Crippen LogP) is 4.88. The van der Waals surface area contributed by atoms with Crippen LogP contribution >= 0.6 is 0 Å². The van der Waals surface area contributed by atoms with E-state index in [0.29, 0.717) is 0 Å². The second kappa shape index (κ2) is 11.3. The zero-order valence-electron chi connectivity index (χ0n) is 18.7. The third kappa shape index (κ3) is 6.39. The smallest absolute Gasteiger partial charge is 0.368 e. The Morgan fingerprint density at radius 3 is 1.36 bits per heavy atom. The summed E-state index contributed by atoms with van der Waals surface area (Å²) in [5.41, 5.74) is 10.0. The van der Waals surface area contributed by atoms with Gasteiger partial charge >= 0.3 is 47.6 Å². The number of alkyl halides is 17.